The summed E-state index contributed by atoms with van der Waals surface area (Å²) in [4.78, 5) is 16.2. The molecule has 0 spiro atoms. The van der Waals surface area contributed by atoms with E-state index in [4.69, 9.17) is 0 Å². The van der Waals surface area contributed by atoms with E-state index < -0.39 is 0 Å². The maximum absolute atomic E-state index is 12.5. The Bertz CT molecular complexity index is 287. The SMILES string of the molecule is CON(C)C(=O)c1ccc(F)s1. The highest BCUT2D eigenvalue weighted by molar-refractivity contribution is 7.12. The quantitative estimate of drug-likeness (QED) is 0.660. The van der Waals surface area contributed by atoms with Gasteiger partial charge < -0.3 is 0 Å². The molecule has 5 heteroatoms. The van der Waals surface area contributed by atoms with Crippen molar-refractivity contribution in [2.24, 2.45) is 0 Å². The predicted molar refractivity (Wildman–Crippen MR) is 43.4 cm³/mol. The van der Waals surface area contributed by atoms with Crippen LogP contribution in [0.4, 0.5) is 4.39 Å². The molecule has 1 rings (SSSR count). The third-order valence-electron chi connectivity index (χ3n) is 1.34. The molecule has 0 radical (unpaired) electrons. The van der Waals surface area contributed by atoms with Crippen LogP contribution in [0.1, 0.15) is 9.67 Å². The van der Waals surface area contributed by atoms with Crippen molar-refractivity contribution in [3.8, 4) is 0 Å². The van der Waals surface area contributed by atoms with E-state index in [-0.39, 0.29) is 11.0 Å². The van der Waals surface area contributed by atoms with E-state index in [2.05, 4.69) is 4.84 Å². The van der Waals surface area contributed by atoms with Crippen LogP contribution >= 0.6 is 11.3 Å². The van der Waals surface area contributed by atoms with Crippen LogP contribution in [0.3, 0.4) is 0 Å². The van der Waals surface area contributed by atoms with Gasteiger partial charge in [-0.3, -0.25) is 9.63 Å². The predicted octanol–water partition coefficient (Wildman–Crippen LogP) is 1.52. The molecule has 1 aromatic rings. The largest absolute Gasteiger partial charge is 0.287 e. The molecular formula is C7H8FNO2S. The first-order valence-electron chi connectivity index (χ1n) is 3.22. The zero-order valence-electron chi connectivity index (χ0n) is 6.70. The second-order valence-corrected chi connectivity index (χ2v) is 3.12. The molecule has 0 atom stereocenters. The zero-order chi connectivity index (χ0) is 9.14. The summed E-state index contributed by atoms with van der Waals surface area (Å²) < 4.78 is 12.5. The number of halogens is 1. The highest BCUT2D eigenvalue weighted by Gasteiger charge is 2.13. The summed E-state index contributed by atoms with van der Waals surface area (Å²) in [5.41, 5.74) is 0. The normalized spacial score (nSPS) is 9.92. The average molecular weight is 189 g/mol. The fourth-order valence-corrected chi connectivity index (χ4v) is 1.37. The monoisotopic (exact) mass is 189 g/mol. The van der Waals surface area contributed by atoms with Gasteiger partial charge in [-0.1, -0.05) is 0 Å². The summed E-state index contributed by atoms with van der Waals surface area (Å²) in [6.07, 6.45) is 0. The number of nitrogens with zero attached hydrogens (tertiary/aromatic N) is 1. The zero-order valence-corrected chi connectivity index (χ0v) is 7.52. The molecule has 0 aliphatic rings. The molecule has 0 N–H and O–H groups in total. The molecule has 3 nitrogen and oxygen atoms in total. The van der Waals surface area contributed by atoms with Crippen molar-refractivity contribution in [3.05, 3.63) is 22.1 Å². The van der Waals surface area contributed by atoms with Crippen LogP contribution in [0.2, 0.25) is 0 Å². The van der Waals surface area contributed by atoms with Crippen LogP contribution < -0.4 is 0 Å². The maximum Gasteiger partial charge on any atom is 0.287 e. The molecule has 0 unspecified atom stereocenters. The van der Waals surface area contributed by atoms with Crippen molar-refractivity contribution < 1.29 is 14.0 Å². The lowest BCUT2D eigenvalue weighted by molar-refractivity contribution is -0.0753. The van der Waals surface area contributed by atoms with E-state index >= 15 is 0 Å². The van der Waals surface area contributed by atoms with Crippen molar-refractivity contribution in [1.82, 2.24) is 5.06 Å². The van der Waals surface area contributed by atoms with Gasteiger partial charge in [-0.25, -0.2) is 5.06 Å². The highest BCUT2D eigenvalue weighted by atomic mass is 32.1. The van der Waals surface area contributed by atoms with Gasteiger partial charge in [-0.15, -0.1) is 11.3 Å². The molecule has 0 bridgehead atoms. The van der Waals surface area contributed by atoms with Crippen molar-refractivity contribution in [2.45, 2.75) is 0 Å². The molecule has 0 aromatic carbocycles. The number of carbonyl (C=O) groups excluding carboxylic acids is 1. The Morgan fingerprint density at radius 2 is 2.33 bits per heavy atom. The molecule has 0 saturated heterocycles. The molecule has 1 aromatic heterocycles. The molecule has 12 heavy (non-hydrogen) atoms. The van der Waals surface area contributed by atoms with Crippen molar-refractivity contribution in [3.63, 3.8) is 0 Å². The van der Waals surface area contributed by atoms with Gasteiger partial charge in [-0.05, 0) is 12.1 Å². The maximum atomic E-state index is 12.5. The summed E-state index contributed by atoms with van der Waals surface area (Å²) in [5, 5.41) is 0.675. The van der Waals surface area contributed by atoms with E-state index in [1.807, 2.05) is 0 Å². The number of amides is 1. The average Bonchev–Trinajstić information content (AvgIpc) is 2.49. The van der Waals surface area contributed by atoms with E-state index in [0.29, 0.717) is 4.88 Å². The van der Waals surface area contributed by atoms with Crippen molar-refractivity contribution in [2.75, 3.05) is 14.2 Å². The Hall–Kier alpha value is -0.940. The summed E-state index contributed by atoms with van der Waals surface area (Å²) in [7, 11) is 2.85. The minimum atomic E-state index is -0.372. The highest BCUT2D eigenvalue weighted by Crippen LogP contribution is 2.15. The van der Waals surface area contributed by atoms with Crippen molar-refractivity contribution >= 4 is 17.2 Å². The minimum absolute atomic E-state index is 0.330. The third-order valence-corrected chi connectivity index (χ3v) is 2.21. The first kappa shape index (κ1) is 9.15. The Morgan fingerprint density at radius 3 is 2.75 bits per heavy atom. The lowest BCUT2D eigenvalue weighted by Crippen LogP contribution is -2.24. The van der Waals surface area contributed by atoms with E-state index in [1.165, 1.54) is 26.3 Å². The van der Waals surface area contributed by atoms with Gasteiger partial charge >= 0.3 is 0 Å². The molecule has 66 valence electrons. The first-order chi connectivity index (χ1) is 5.65. The van der Waals surface area contributed by atoms with Gasteiger partial charge in [-0.2, -0.15) is 4.39 Å². The Morgan fingerprint density at radius 1 is 1.67 bits per heavy atom. The molecule has 0 fully saturated rings. The van der Waals surface area contributed by atoms with Gasteiger partial charge in [0, 0.05) is 7.05 Å². The molecule has 0 aliphatic heterocycles. The van der Waals surface area contributed by atoms with E-state index in [0.717, 1.165) is 16.4 Å². The summed E-state index contributed by atoms with van der Waals surface area (Å²) in [6.45, 7) is 0. The number of rotatable bonds is 2. The number of carbonyl (C=O) groups is 1. The van der Waals surface area contributed by atoms with Crippen LogP contribution in [-0.2, 0) is 4.84 Å². The number of hydrogen-bond acceptors (Lipinski definition) is 3. The van der Waals surface area contributed by atoms with Crippen LogP contribution in [0, 0.1) is 5.13 Å². The number of hydrogen-bond donors (Lipinski definition) is 0. The fraction of sp³-hybridized carbons (Fsp3) is 0.286. The van der Waals surface area contributed by atoms with Crippen LogP contribution in [0.15, 0.2) is 12.1 Å². The number of hydroxylamine groups is 2. The van der Waals surface area contributed by atoms with Gasteiger partial charge in [0.15, 0.2) is 5.13 Å². The lowest BCUT2D eigenvalue weighted by atomic mass is 10.4. The standard InChI is InChI=1S/C7H8FNO2S/c1-9(11-2)7(10)5-3-4-6(8)12-5/h3-4H,1-2H3. The van der Waals surface area contributed by atoms with Crippen LogP contribution in [-0.4, -0.2) is 25.1 Å². The van der Waals surface area contributed by atoms with E-state index in [1.54, 1.807) is 0 Å². The Balaban J connectivity index is 2.78. The summed E-state index contributed by atoms with van der Waals surface area (Å²) >= 11 is 0.802. The third kappa shape index (κ3) is 1.80. The molecular weight excluding hydrogens is 181 g/mol. The molecule has 0 saturated carbocycles. The lowest BCUT2D eigenvalue weighted by Gasteiger charge is -2.11. The van der Waals surface area contributed by atoms with Gasteiger partial charge in [0.2, 0.25) is 0 Å². The van der Waals surface area contributed by atoms with E-state index in [9.17, 15) is 9.18 Å². The molecule has 1 amide bonds. The van der Waals surface area contributed by atoms with Gasteiger partial charge in [0.05, 0.1) is 12.0 Å². The second-order valence-electron chi connectivity index (χ2n) is 2.09. The fourth-order valence-electron chi connectivity index (χ4n) is 0.667. The van der Waals surface area contributed by atoms with Crippen LogP contribution in [0.25, 0.3) is 0 Å². The molecule has 1 heterocycles. The molecule has 0 aliphatic carbocycles. The first-order valence-corrected chi connectivity index (χ1v) is 4.04. The van der Waals surface area contributed by atoms with Crippen LogP contribution in [0.5, 0.6) is 0 Å². The Kier molecular flexibility index (Phi) is 2.78. The van der Waals surface area contributed by atoms with Gasteiger partial charge in [0.1, 0.15) is 0 Å². The second kappa shape index (κ2) is 3.64. The summed E-state index contributed by atoms with van der Waals surface area (Å²) in [5.74, 6) is -0.341. The smallest absolute Gasteiger partial charge is 0.274 e. The topological polar surface area (TPSA) is 29.5 Å². The van der Waals surface area contributed by atoms with Crippen molar-refractivity contribution in [1.29, 1.82) is 0 Å². The minimum Gasteiger partial charge on any atom is -0.274 e. The summed E-state index contributed by atoms with van der Waals surface area (Å²) in [6, 6.07) is 2.68. The number of thiophene rings is 1. The van der Waals surface area contributed by atoms with Gasteiger partial charge in [0.25, 0.3) is 5.91 Å². The Labute approximate surface area is 73.3 Å².